The Labute approximate surface area is 250 Å². The van der Waals surface area contributed by atoms with Gasteiger partial charge in [-0.15, -0.1) is 0 Å². The molecule has 39 heavy (non-hydrogen) atoms. The lowest BCUT2D eigenvalue weighted by Crippen LogP contribution is -2.35. The lowest BCUT2D eigenvalue weighted by Gasteiger charge is -2.27. The lowest BCUT2D eigenvalue weighted by atomic mass is 9.90. The number of unbranched alkanes of at least 4 members (excludes halogenated alkanes) is 1. The van der Waals surface area contributed by atoms with E-state index in [4.69, 9.17) is 0 Å². The molecule has 1 atom stereocenters. The highest BCUT2D eigenvalue weighted by molar-refractivity contribution is 8.14. The first-order valence-corrected chi connectivity index (χ1v) is 18.1. The first kappa shape index (κ1) is 38.4. The molecule has 0 aliphatic rings. The predicted molar refractivity (Wildman–Crippen MR) is 171 cm³/mol. The Morgan fingerprint density at radius 1 is 0.744 bits per heavy atom. The highest BCUT2D eigenvalue weighted by Crippen LogP contribution is 2.29. The number of carbonyl (C=O) groups excluding carboxylic acids is 3. The summed E-state index contributed by atoms with van der Waals surface area (Å²) in [4.78, 5) is 45.0. The average Bonchev–Trinajstić information content (AvgIpc) is 2.91. The molecule has 0 radical (unpaired) electrons. The van der Waals surface area contributed by atoms with Crippen LogP contribution in [0, 0.1) is 5.41 Å². The maximum absolute atomic E-state index is 12.9. The van der Waals surface area contributed by atoms with Crippen molar-refractivity contribution in [3.8, 4) is 0 Å². The molecule has 1 unspecified atom stereocenters. The Morgan fingerprint density at radius 3 is 1.77 bits per heavy atom. The molecule has 0 aromatic heterocycles. The summed E-state index contributed by atoms with van der Waals surface area (Å²) in [6.07, 6.45) is 3.11. The molecule has 0 N–H and O–H groups in total. The van der Waals surface area contributed by atoms with Crippen LogP contribution in [0.2, 0.25) is 0 Å². The van der Waals surface area contributed by atoms with Crippen LogP contribution in [0.1, 0.15) is 81.1 Å². The van der Waals surface area contributed by atoms with Crippen LogP contribution in [-0.2, 0) is 16.0 Å². The van der Waals surface area contributed by atoms with E-state index in [9.17, 15) is 18.9 Å². The van der Waals surface area contributed by atoms with Crippen molar-refractivity contribution in [2.24, 2.45) is 5.41 Å². The van der Waals surface area contributed by atoms with Gasteiger partial charge in [-0.3, -0.25) is 19.3 Å². The number of carbonyl (C=O) groups is 3. The van der Waals surface area contributed by atoms with E-state index in [1.807, 2.05) is 44.4 Å². The molecule has 0 heterocycles. The second-order valence-corrected chi connectivity index (χ2v) is 13.9. The van der Waals surface area contributed by atoms with Crippen LogP contribution in [0.5, 0.6) is 0 Å². The van der Waals surface area contributed by atoms with E-state index >= 15 is 0 Å². The van der Waals surface area contributed by atoms with Crippen molar-refractivity contribution < 1.29 is 18.9 Å². The third kappa shape index (κ3) is 17.1. The maximum atomic E-state index is 12.9. The van der Waals surface area contributed by atoms with Crippen molar-refractivity contribution in [2.45, 2.75) is 81.1 Å². The summed E-state index contributed by atoms with van der Waals surface area (Å²) in [5.41, 5.74) is -0.0863. The van der Waals surface area contributed by atoms with E-state index in [0.29, 0.717) is 49.2 Å². The Balaban J connectivity index is 4.37. The molecule has 0 rings (SSSR count). The third-order valence-electron chi connectivity index (χ3n) is 6.84. The number of nitrogens with zero attached hydrogens (tertiary/aromatic N) is 4. The van der Waals surface area contributed by atoms with Crippen LogP contribution in [0.15, 0.2) is 0 Å². The van der Waals surface area contributed by atoms with Gasteiger partial charge in [-0.1, -0.05) is 44.3 Å². The van der Waals surface area contributed by atoms with Crippen molar-refractivity contribution in [2.75, 3.05) is 75.5 Å². The Kier molecular flexibility index (Phi) is 21.7. The molecule has 0 aliphatic carbocycles. The number of amides is 3. The van der Waals surface area contributed by atoms with Crippen molar-refractivity contribution in [3.05, 3.63) is 0 Å². The number of thioether (sulfide) groups is 2. The van der Waals surface area contributed by atoms with Gasteiger partial charge in [0, 0.05) is 63.7 Å². The molecule has 0 aromatic carbocycles. The van der Waals surface area contributed by atoms with Crippen LogP contribution in [0.4, 0.5) is 9.59 Å². The first-order valence-electron chi connectivity index (χ1n) is 14.7. The minimum atomic E-state index is -0.983. The van der Waals surface area contributed by atoms with Gasteiger partial charge in [-0.2, -0.15) is 0 Å². The van der Waals surface area contributed by atoms with Gasteiger partial charge in [-0.05, 0) is 77.0 Å². The van der Waals surface area contributed by atoms with Gasteiger partial charge in [0.2, 0.25) is 5.91 Å². The maximum Gasteiger partial charge on any atom is 0.281 e. The molecular formula is C28H56N4O4S3. The fourth-order valence-electron chi connectivity index (χ4n) is 3.98. The van der Waals surface area contributed by atoms with Crippen molar-refractivity contribution in [1.82, 2.24) is 19.6 Å². The highest BCUT2D eigenvalue weighted by atomic mass is 32.2. The van der Waals surface area contributed by atoms with E-state index in [-0.39, 0.29) is 21.8 Å². The van der Waals surface area contributed by atoms with Gasteiger partial charge in [-0.25, -0.2) is 0 Å². The molecule has 0 spiro atoms. The highest BCUT2D eigenvalue weighted by Gasteiger charge is 2.24. The fraction of sp³-hybridized carbons (Fsp3) is 0.893. The molecule has 0 bridgehead atoms. The second kappa shape index (κ2) is 22.0. The summed E-state index contributed by atoms with van der Waals surface area (Å²) in [5, 5.41) is 0.177. The zero-order valence-corrected chi connectivity index (χ0v) is 28.4. The van der Waals surface area contributed by atoms with Gasteiger partial charge in [0.1, 0.15) is 5.75 Å². The van der Waals surface area contributed by atoms with Crippen LogP contribution in [-0.4, -0.2) is 116 Å². The first-order chi connectivity index (χ1) is 18.5. The second-order valence-electron chi connectivity index (χ2n) is 10.3. The molecule has 230 valence electrons. The zero-order valence-electron chi connectivity index (χ0n) is 26.0. The van der Waals surface area contributed by atoms with Crippen LogP contribution < -0.4 is 0 Å². The van der Waals surface area contributed by atoms with Crippen molar-refractivity contribution >= 4 is 51.1 Å². The molecule has 0 aliphatic heterocycles. The van der Waals surface area contributed by atoms with Gasteiger partial charge < -0.3 is 19.3 Å². The normalized spacial score (nSPS) is 12.5. The minimum Gasteiger partial charge on any atom is -0.615 e. The standard InChI is InChI=1S/C28H56N4O4S3/c1-9-29(24-39(36)22-21-37-26(34)30(10-2)11-3)19-15-16-20-32(14-6)25(33)17-18-28(7,8)23-38-27(35)31(12-4)13-5/h9-24H2,1-8H3. The topological polar surface area (TPSA) is 87.2 Å². The fourth-order valence-corrected chi connectivity index (χ4v) is 7.62. The molecule has 0 fully saturated rings. The molecule has 3 amide bonds. The third-order valence-corrected chi connectivity index (χ3v) is 10.8. The number of hydrogen-bond acceptors (Lipinski definition) is 7. The summed E-state index contributed by atoms with van der Waals surface area (Å²) in [5.74, 6) is 2.51. The SMILES string of the molecule is CCN(CCCCN(CC)C(=O)CCC(C)(C)CSC(=O)N(CC)CC)C[S+]([O-])CCSC(=O)N(CC)CC. The van der Waals surface area contributed by atoms with Crippen molar-refractivity contribution in [3.63, 3.8) is 0 Å². The summed E-state index contributed by atoms with van der Waals surface area (Å²) < 4.78 is 12.5. The van der Waals surface area contributed by atoms with E-state index in [1.165, 1.54) is 23.5 Å². The van der Waals surface area contributed by atoms with E-state index < -0.39 is 11.2 Å². The number of rotatable bonds is 21. The Morgan fingerprint density at radius 2 is 1.26 bits per heavy atom. The predicted octanol–water partition coefficient (Wildman–Crippen LogP) is 5.84. The summed E-state index contributed by atoms with van der Waals surface area (Å²) >= 11 is 1.63. The average molecular weight is 609 g/mol. The Bertz CT molecular complexity index is 692. The molecule has 11 heteroatoms. The molecule has 0 aromatic rings. The lowest BCUT2D eigenvalue weighted by molar-refractivity contribution is -0.131. The quantitative estimate of drug-likeness (QED) is 0.120. The van der Waals surface area contributed by atoms with Gasteiger partial charge >= 0.3 is 0 Å². The smallest absolute Gasteiger partial charge is 0.281 e. The van der Waals surface area contributed by atoms with Gasteiger partial charge in [0.25, 0.3) is 10.5 Å². The molecule has 0 saturated carbocycles. The summed E-state index contributed by atoms with van der Waals surface area (Å²) in [6.45, 7) is 22.2. The molecule has 0 saturated heterocycles. The van der Waals surface area contributed by atoms with Crippen molar-refractivity contribution in [1.29, 1.82) is 0 Å². The van der Waals surface area contributed by atoms with Gasteiger partial charge in [0.15, 0.2) is 5.88 Å². The largest absolute Gasteiger partial charge is 0.615 e. The minimum absolute atomic E-state index is 0.0622. The molecule has 8 nitrogen and oxygen atoms in total. The Hall–Kier alpha value is -0.620. The van der Waals surface area contributed by atoms with E-state index in [1.54, 1.807) is 4.90 Å². The summed E-state index contributed by atoms with van der Waals surface area (Å²) in [6, 6.07) is 0. The van der Waals surface area contributed by atoms with Crippen LogP contribution in [0.25, 0.3) is 0 Å². The van der Waals surface area contributed by atoms with Gasteiger partial charge in [0.05, 0.1) is 0 Å². The van der Waals surface area contributed by atoms with Crippen LogP contribution in [0.3, 0.4) is 0 Å². The van der Waals surface area contributed by atoms with E-state index in [2.05, 4.69) is 25.7 Å². The summed E-state index contributed by atoms with van der Waals surface area (Å²) in [7, 11) is 0. The molecular weight excluding hydrogens is 553 g/mol. The van der Waals surface area contributed by atoms with E-state index in [0.717, 1.165) is 52.0 Å². The van der Waals surface area contributed by atoms with Crippen LogP contribution >= 0.6 is 23.5 Å². The monoisotopic (exact) mass is 608 g/mol. The number of hydrogen-bond donors (Lipinski definition) is 0. The zero-order chi connectivity index (χ0) is 29.8.